The van der Waals surface area contributed by atoms with Gasteiger partial charge in [-0.1, -0.05) is 35.3 Å². The Labute approximate surface area is 183 Å². The van der Waals surface area contributed by atoms with Crippen molar-refractivity contribution < 1.29 is 9.53 Å². The quantitative estimate of drug-likeness (QED) is 0.445. The number of carbonyl (C=O) groups is 1. The first kappa shape index (κ1) is 19.0. The summed E-state index contributed by atoms with van der Waals surface area (Å²) >= 11 is 12.6. The zero-order valence-electron chi connectivity index (χ0n) is 16.1. The van der Waals surface area contributed by atoms with Crippen LogP contribution in [0, 0.1) is 0 Å². The highest BCUT2D eigenvalue weighted by molar-refractivity contribution is 6.33. The van der Waals surface area contributed by atoms with Gasteiger partial charge < -0.3 is 14.6 Å². The maximum atomic E-state index is 13.0. The molecule has 0 spiro atoms. The zero-order valence-corrected chi connectivity index (χ0v) is 17.6. The summed E-state index contributed by atoms with van der Waals surface area (Å²) in [6.45, 7) is 0.875. The van der Waals surface area contributed by atoms with Gasteiger partial charge >= 0.3 is 0 Å². The minimum atomic E-state index is -0.0185. The number of nitrogens with one attached hydrogen (secondary N) is 1. The van der Waals surface area contributed by atoms with Crippen LogP contribution in [0.3, 0.4) is 0 Å². The molecule has 1 N–H and O–H groups in total. The smallest absolute Gasteiger partial charge is 0.254 e. The molecule has 150 valence electrons. The molecule has 3 aromatic carbocycles. The van der Waals surface area contributed by atoms with Crippen molar-refractivity contribution in [3.63, 3.8) is 0 Å². The van der Waals surface area contributed by atoms with Crippen LogP contribution in [-0.4, -0.2) is 27.9 Å². The average Bonchev–Trinajstić information content (AvgIpc) is 3.28. The van der Waals surface area contributed by atoms with Gasteiger partial charge in [-0.25, -0.2) is 4.98 Å². The molecule has 1 aliphatic rings. The van der Waals surface area contributed by atoms with E-state index in [2.05, 4.69) is 9.97 Å². The molecule has 0 saturated heterocycles. The van der Waals surface area contributed by atoms with Gasteiger partial charge in [0.25, 0.3) is 5.91 Å². The van der Waals surface area contributed by atoms with Gasteiger partial charge in [0, 0.05) is 22.7 Å². The number of benzene rings is 3. The lowest BCUT2D eigenvalue weighted by atomic mass is 9.97. The lowest BCUT2D eigenvalue weighted by molar-refractivity contribution is 0.0763. The molecule has 0 saturated carbocycles. The number of methoxy groups -OCH3 is 1. The van der Waals surface area contributed by atoms with Gasteiger partial charge in [0.15, 0.2) is 0 Å². The Bertz CT molecular complexity index is 1300. The van der Waals surface area contributed by atoms with Crippen molar-refractivity contribution in [2.45, 2.75) is 13.1 Å². The number of hydrogen-bond acceptors (Lipinski definition) is 3. The van der Waals surface area contributed by atoms with E-state index in [4.69, 9.17) is 27.9 Å². The summed E-state index contributed by atoms with van der Waals surface area (Å²) in [7, 11) is 1.61. The zero-order chi connectivity index (χ0) is 20.8. The summed E-state index contributed by atoms with van der Waals surface area (Å²) in [5.41, 5.74) is 5.17. The van der Waals surface area contributed by atoms with E-state index in [1.165, 1.54) is 0 Å². The number of nitrogens with zero attached hydrogens (tertiary/aromatic N) is 2. The van der Waals surface area contributed by atoms with E-state index < -0.39 is 0 Å². The monoisotopic (exact) mass is 437 g/mol. The largest absolute Gasteiger partial charge is 0.497 e. The van der Waals surface area contributed by atoms with E-state index in [9.17, 15) is 4.79 Å². The van der Waals surface area contributed by atoms with Crippen molar-refractivity contribution in [1.82, 2.24) is 14.9 Å². The molecule has 1 amide bonds. The molecule has 30 heavy (non-hydrogen) atoms. The van der Waals surface area contributed by atoms with Crippen LogP contribution >= 0.6 is 23.2 Å². The van der Waals surface area contributed by atoms with E-state index in [-0.39, 0.29) is 5.91 Å². The Balaban J connectivity index is 1.47. The molecular formula is C23H17Cl2N3O2. The van der Waals surface area contributed by atoms with Crippen molar-refractivity contribution in [3.8, 4) is 16.9 Å². The third kappa shape index (κ3) is 3.20. The van der Waals surface area contributed by atoms with E-state index in [1.54, 1.807) is 24.1 Å². The highest BCUT2D eigenvalue weighted by Gasteiger charge is 2.30. The number of H-pyrrole nitrogens is 1. The minimum absolute atomic E-state index is 0.0185. The van der Waals surface area contributed by atoms with Crippen molar-refractivity contribution in [1.29, 1.82) is 0 Å². The number of ether oxygens (including phenoxy) is 1. The third-order valence-corrected chi connectivity index (χ3v) is 5.89. The highest BCUT2D eigenvalue weighted by Crippen LogP contribution is 2.38. The highest BCUT2D eigenvalue weighted by atomic mass is 35.5. The van der Waals surface area contributed by atoms with E-state index in [0.29, 0.717) is 34.4 Å². The first-order valence-corrected chi connectivity index (χ1v) is 10.2. The van der Waals surface area contributed by atoms with Gasteiger partial charge in [-0.15, -0.1) is 0 Å². The normalized spacial score (nSPS) is 13.2. The summed E-state index contributed by atoms with van der Waals surface area (Å²) < 4.78 is 5.25. The van der Waals surface area contributed by atoms with Crippen LogP contribution in [0.15, 0.2) is 54.6 Å². The van der Waals surface area contributed by atoms with Crippen molar-refractivity contribution in [2.75, 3.05) is 7.11 Å². The topological polar surface area (TPSA) is 58.2 Å². The number of hydrogen-bond donors (Lipinski definition) is 1. The Morgan fingerprint density at radius 2 is 1.90 bits per heavy atom. The van der Waals surface area contributed by atoms with Crippen molar-refractivity contribution >= 4 is 40.1 Å². The molecular weight excluding hydrogens is 421 g/mol. The van der Waals surface area contributed by atoms with Crippen LogP contribution in [0.4, 0.5) is 0 Å². The number of aromatic amines is 1. The van der Waals surface area contributed by atoms with Gasteiger partial charge in [0.1, 0.15) is 11.6 Å². The maximum absolute atomic E-state index is 13.0. The summed E-state index contributed by atoms with van der Waals surface area (Å²) in [5, 5.41) is 1.23. The second-order valence-corrected chi connectivity index (χ2v) is 8.03. The van der Waals surface area contributed by atoms with Crippen LogP contribution in [0.25, 0.3) is 22.2 Å². The fourth-order valence-electron chi connectivity index (χ4n) is 3.90. The number of amides is 1. The number of halogens is 2. The van der Waals surface area contributed by atoms with Gasteiger partial charge in [0.05, 0.1) is 29.7 Å². The summed E-state index contributed by atoms with van der Waals surface area (Å²) in [5.74, 6) is 1.39. The van der Waals surface area contributed by atoms with E-state index in [0.717, 1.165) is 33.5 Å². The number of imidazole rings is 1. The standard InChI is InChI=1S/C23H17Cl2N3O2/c1-30-14-6-7-16(19(25)10-14)15-3-2-4-17-18(15)11-28(23(17)29)12-22-26-20-8-5-13(24)9-21(20)27-22/h2-10H,11-12H2,1H3,(H,26,27). The molecule has 0 radical (unpaired) electrons. The summed E-state index contributed by atoms with van der Waals surface area (Å²) in [6.07, 6.45) is 0. The maximum Gasteiger partial charge on any atom is 0.254 e. The number of rotatable bonds is 4. The van der Waals surface area contributed by atoms with Crippen LogP contribution in [0.5, 0.6) is 5.75 Å². The molecule has 0 atom stereocenters. The molecule has 7 heteroatoms. The van der Waals surface area contributed by atoms with E-state index in [1.807, 2.05) is 42.5 Å². The van der Waals surface area contributed by atoms with Crippen LogP contribution in [0.2, 0.25) is 10.0 Å². The molecule has 5 rings (SSSR count). The Hall–Kier alpha value is -3.02. The predicted molar refractivity (Wildman–Crippen MR) is 118 cm³/mol. The molecule has 0 aliphatic carbocycles. The fraction of sp³-hybridized carbons (Fsp3) is 0.130. The first-order chi connectivity index (χ1) is 14.5. The summed E-state index contributed by atoms with van der Waals surface area (Å²) in [6, 6.07) is 16.8. The van der Waals surface area contributed by atoms with Gasteiger partial charge in [-0.05, 0) is 53.6 Å². The SMILES string of the molecule is COc1ccc(-c2cccc3c2CN(Cc2nc4ccc(Cl)cc4[nH]2)C3=O)c(Cl)c1. The van der Waals surface area contributed by atoms with Crippen LogP contribution in [-0.2, 0) is 13.1 Å². The molecule has 1 aromatic heterocycles. The lowest BCUT2D eigenvalue weighted by Crippen LogP contribution is -2.23. The fourth-order valence-corrected chi connectivity index (χ4v) is 4.35. The second kappa shape index (κ2) is 7.35. The predicted octanol–water partition coefficient (Wildman–Crippen LogP) is 5.70. The number of carbonyl (C=O) groups excluding carboxylic acids is 1. The van der Waals surface area contributed by atoms with E-state index >= 15 is 0 Å². The van der Waals surface area contributed by atoms with Gasteiger partial charge in [-0.2, -0.15) is 0 Å². The first-order valence-electron chi connectivity index (χ1n) is 9.42. The molecule has 2 heterocycles. The molecule has 1 aliphatic heterocycles. The molecule has 0 fully saturated rings. The molecule has 0 bridgehead atoms. The molecule has 0 unspecified atom stereocenters. The van der Waals surface area contributed by atoms with Gasteiger partial charge in [0.2, 0.25) is 0 Å². The Morgan fingerprint density at radius 1 is 1.07 bits per heavy atom. The van der Waals surface area contributed by atoms with Crippen molar-refractivity contribution in [3.05, 3.63) is 81.6 Å². The average molecular weight is 438 g/mol. The third-order valence-electron chi connectivity index (χ3n) is 5.34. The second-order valence-electron chi connectivity index (χ2n) is 7.18. The minimum Gasteiger partial charge on any atom is -0.497 e. The Kier molecular flexibility index (Phi) is 4.65. The van der Waals surface area contributed by atoms with Crippen LogP contribution in [0.1, 0.15) is 21.7 Å². The lowest BCUT2D eigenvalue weighted by Gasteiger charge is -2.14. The van der Waals surface area contributed by atoms with Crippen molar-refractivity contribution in [2.24, 2.45) is 0 Å². The molecule has 4 aromatic rings. The molecule has 5 nitrogen and oxygen atoms in total. The summed E-state index contributed by atoms with van der Waals surface area (Å²) in [4.78, 5) is 22.7. The number of aromatic nitrogens is 2. The van der Waals surface area contributed by atoms with Crippen LogP contribution < -0.4 is 4.74 Å². The number of fused-ring (bicyclic) bond motifs is 2. The Morgan fingerprint density at radius 3 is 2.70 bits per heavy atom. The van der Waals surface area contributed by atoms with Gasteiger partial charge in [-0.3, -0.25) is 4.79 Å².